The van der Waals surface area contributed by atoms with Gasteiger partial charge in [-0.05, 0) is 57.7 Å². The van der Waals surface area contributed by atoms with Crippen LogP contribution in [0.5, 0.6) is 0 Å². The molecule has 0 saturated carbocycles. The van der Waals surface area contributed by atoms with E-state index >= 15 is 0 Å². The number of halogens is 1. The third-order valence-electron chi connectivity index (χ3n) is 4.45. The summed E-state index contributed by atoms with van der Waals surface area (Å²) in [7, 11) is -7.69. The molecular formula is C20H20BrN3O5S3. The first-order valence-electron chi connectivity index (χ1n) is 9.28. The molecule has 3 rings (SSSR count). The van der Waals surface area contributed by atoms with E-state index in [0.29, 0.717) is 15.8 Å². The molecule has 2 aromatic carbocycles. The molecule has 0 saturated heterocycles. The smallest absolute Gasteiger partial charge is 0.251 e. The summed E-state index contributed by atoms with van der Waals surface area (Å²) in [6.45, 7) is 0.225. The minimum absolute atomic E-state index is 0.00375. The zero-order valence-corrected chi connectivity index (χ0v) is 20.6. The fourth-order valence-electron chi connectivity index (χ4n) is 2.85. The highest BCUT2D eigenvalue weighted by Gasteiger charge is 2.28. The highest BCUT2D eigenvalue weighted by Crippen LogP contribution is 2.27. The molecule has 8 nitrogen and oxygen atoms in total. The summed E-state index contributed by atoms with van der Waals surface area (Å²) < 4.78 is 51.5. The number of carbonyl (C=O) groups excluding carboxylic acids is 1. The van der Waals surface area contributed by atoms with E-state index in [2.05, 4.69) is 26.0 Å². The van der Waals surface area contributed by atoms with Gasteiger partial charge in [0.25, 0.3) is 10.0 Å². The summed E-state index contributed by atoms with van der Waals surface area (Å²) in [5.41, 5.74) is 1.29. The third kappa shape index (κ3) is 6.47. The van der Waals surface area contributed by atoms with Crippen molar-refractivity contribution >= 4 is 53.2 Å². The molecule has 1 aromatic heterocycles. The summed E-state index contributed by atoms with van der Waals surface area (Å²) in [6.07, 6.45) is 0.419. The molecule has 0 unspecified atom stereocenters. The van der Waals surface area contributed by atoms with E-state index in [1.807, 2.05) is 0 Å². The highest BCUT2D eigenvalue weighted by molar-refractivity contribution is 9.11. The summed E-state index contributed by atoms with van der Waals surface area (Å²) in [6, 6.07) is 16.5. The molecule has 0 aliphatic heterocycles. The van der Waals surface area contributed by atoms with Crippen molar-refractivity contribution in [1.29, 1.82) is 0 Å². The largest absolute Gasteiger partial charge is 0.354 e. The first kappa shape index (κ1) is 24.6. The van der Waals surface area contributed by atoms with Gasteiger partial charge < -0.3 is 5.32 Å². The van der Waals surface area contributed by atoms with Crippen molar-refractivity contribution in [3.05, 3.63) is 81.6 Å². The van der Waals surface area contributed by atoms with Gasteiger partial charge in [0.1, 0.15) is 10.3 Å². The minimum Gasteiger partial charge on any atom is -0.354 e. The van der Waals surface area contributed by atoms with Crippen LogP contribution >= 0.6 is 27.3 Å². The molecular weight excluding hydrogens is 538 g/mol. The van der Waals surface area contributed by atoms with Crippen LogP contribution in [0.3, 0.4) is 0 Å². The van der Waals surface area contributed by atoms with E-state index < -0.39 is 32.0 Å². The molecule has 1 atom stereocenters. The van der Waals surface area contributed by atoms with Gasteiger partial charge in [-0.25, -0.2) is 22.0 Å². The Morgan fingerprint density at radius 3 is 2.19 bits per heavy atom. The van der Waals surface area contributed by atoms with Gasteiger partial charge in [0, 0.05) is 6.54 Å². The van der Waals surface area contributed by atoms with Crippen molar-refractivity contribution in [2.45, 2.75) is 21.6 Å². The quantitative estimate of drug-likeness (QED) is 0.371. The number of sulfonamides is 2. The lowest BCUT2D eigenvalue weighted by Gasteiger charge is -2.18. The lowest BCUT2D eigenvalue weighted by atomic mass is 10.1. The number of benzene rings is 2. The van der Waals surface area contributed by atoms with E-state index in [1.54, 1.807) is 48.5 Å². The minimum atomic E-state index is -3.92. The van der Waals surface area contributed by atoms with Crippen LogP contribution in [0.1, 0.15) is 17.2 Å². The van der Waals surface area contributed by atoms with Crippen molar-refractivity contribution in [3.63, 3.8) is 0 Å². The third-order valence-corrected chi connectivity index (χ3v) is 8.91. The van der Waals surface area contributed by atoms with E-state index in [-0.39, 0.29) is 15.6 Å². The van der Waals surface area contributed by atoms with Gasteiger partial charge in [-0.15, -0.1) is 11.3 Å². The molecule has 0 aliphatic carbocycles. The van der Waals surface area contributed by atoms with Crippen LogP contribution in [-0.2, 0) is 31.3 Å². The molecule has 0 spiro atoms. The molecule has 4 N–H and O–H groups in total. The van der Waals surface area contributed by atoms with E-state index in [0.717, 1.165) is 16.9 Å². The van der Waals surface area contributed by atoms with Crippen LogP contribution in [-0.4, -0.2) is 29.3 Å². The molecule has 12 heteroatoms. The molecule has 1 heterocycles. The molecule has 3 aromatic rings. The van der Waals surface area contributed by atoms with Crippen LogP contribution in [0.2, 0.25) is 0 Å². The van der Waals surface area contributed by atoms with Crippen LogP contribution in [0, 0.1) is 0 Å². The summed E-state index contributed by atoms with van der Waals surface area (Å²) in [4.78, 5) is 12.9. The zero-order chi connectivity index (χ0) is 23.4. The number of carbonyl (C=O) groups is 1. The number of hydrogen-bond donors (Lipinski definition) is 3. The predicted molar refractivity (Wildman–Crippen MR) is 126 cm³/mol. The van der Waals surface area contributed by atoms with E-state index in [1.165, 1.54) is 18.2 Å². The monoisotopic (exact) mass is 557 g/mol. The first-order chi connectivity index (χ1) is 15.1. The van der Waals surface area contributed by atoms with Crippen LogP contribution in [0.4, 0.5) is 0 Å². The summed E-state index contributed by atoms with van der Waals surface area (Å²) in [5, 5.41) is 7.83. The van der Waals surface area contributed by atoms with Gasteiger partial charge in [-0.1, -0.05) is 42.5 Å². The van der Waals surface area contributed by atoms with Gasteiger partial charge in [0.15, 0.2) is 0 Å². The Kier molecular flexibility index (Phi) is 7.85. The number of nitrogens with two attached hydrogens (primary N) is 1. The second-order valence-electron chi connectivity index (χ2n) is 6.75. The zero-order valence-electron chi connectivity index (χ0n) is 16.6. The maximum atomic E-state index is 12.9. The van der Waals surface area contributed by atoms with Gasteiger partial charge >= 0.3 is 0 Å². The molecule has 170 valence electrons. The Labute approximate surface area is 199 Å². The molecule has 32 heavy (non-hydrogen) atoms. The average molecular weight is 559 g/mol. The predicted octanol–water partition coefficient (Wildman–Crippen LogP) is 2.54. The Balaban J connectivity index is 1.70. The maximum Gasteiger partial charge on any atom is 0.251 e. The first-order valence-corrected chi connectivity index (χ1v) is 13.9. The number of primary sulfonamides is 1. The topological polar surface area (TPSA) is 135 Å². The van der Waals surface area contributed by atoms with E-state index in [9.17, 15) is 21.6 Å². The second-order valence-corrected chi connectivity index (χ2v) is 12.7. The van der Waals surface area contributed by atoms with Crippen molar-refractivity contribution in [3.8, 4) is 0 Å². The fourth-order valence-corrected chi connectivity index (χ4v) is 6.58. The molecule has 0 aliphatic rings. The molecule has 1 amide bonds. The SMILES string of the molecule is NS(=O)(=O)c1ccc(CCNC(=O)[C@H](NS(=O)(=O)c2ccc(Br)s2)c2ccccc2)cc1. The van der Waals surface area contributed by atoms with Gasteiger partial charge in [0.05, 0.1) is 8.68 Å². The van der Waals surface area contributed by atoms with Gasteiger partial charge in [-0.2, -0.15) is 4.72 Å². The lowest BCUT2D eigenvalue weighted by molar-refractivity contribution is -0.122. The van der Waals surface area contributed by atoms with Gasteiger partial charge in [0.2, 0.25) is 15.9 Å². The second kappa shape index (κ2) is 10.2. The van der Waals surface area contributed by atoms with Crippen molar-refractivity contribution in [1.82, 2.24) is 10.0 Å². The average Bonchev–Trinajstić information content (AvgIpc) is 3.20. The summed E-state index contributed by atoms with van der Waals surface area (Å²) >= 11 is 4.29. The fraction of sp³-hybridized carbons (Fsp3) is 0.150. The Morgan fingerprint density at radius 1 is 0.969 bits per heavy atom. The molecule has 0 radical (unpaired) electrons. The number of rotatable bonds is 9. The number of thiophene rings is 1. The molecule has 0 fully saturated rings. The Bertz CT molecular complexity index is 1290. The van der Waals surface area contributed by atoms with Crippen LogP contribution < -0.4 is 15.2 Å². The van der Waals surface area contributed by atoms with Crippen molar-refractivity contribution < 1.29 is 21.6 Å². The number of amides is 1. The maximum absolute atomic E-state index is 12.9. The van der Waals surface area contributed by atoms with Crippen LogP contribution in [0.15, 0.2) is 79.6 Å². The van der Waals surface area contributed by atoms with Crippen molar-refractivity contribution in [2.75, 3.05) is 6.54 Å². The summed E-state index contributed by atoms with van der Waals surface area (Å²) in [5.74, 6) is -0.503. The Hall–Kier alpha value is -2.09. The number of hydrogen-bond acceptors (Lipinski definition) is 6. The van der Waals surface area contributed by atoms with Crippen molar-refractivity contribution in [2.24, 2.45) is 5.14 Å². The number of nitrogens with one attached hydrogen (secondary N) is 2. The normalized spacial score (nSPS) is 12.9. The van der Waals surface area contributed by atoms with Crippen LogP contribution in [0.25, 0.3) is 0 Å². The van der Waals surface area contributed by atoms with E-state index in [4.69, 9.17) is 5.14 Å². The van der Waals surface area contributed by atoms with Gasteiger partial charge in [-0.3, -0.25) is 4.79 Å². The highest BCUT2D eigenvalue weighted by atomic mass is 79.9. The lowest BCUT2D eigenvalue weighted by Crippen LogP contribution is -2.40. The standard InChI is InChI=1S/C20H20BrN3O5S3/c21-17-10-11-18(30-17)32(28,29)24-19(15-4-2-1-3-5-15)20(25)23-13-12-14-6-8-16(9-7-14)31(22,26)27/h1-11,19,24H,12-13H2,(H,23,25)(H2,22,26,27)/t19-/m1/s1. The Morgan fingerprint density at radius 2 is 1.62 bits per heavy atom. The molecule has 0 bridgehead atoms.